The van der Waals surface area contributed by atoms with Crippen molar-refractivity contribution in [3.05, 3.63) is 0 Å². The molecule has 2 amide bonds. The van der Waals surface area contributed by atoms with Crippen molar-refractivity contribution in [1.82, 2.24) is 14.5 Å². The largest absolute Gasteiger partial charge is 0.355 e. The third-order valence-electron chi connectivity index (χ3n) is 4.14. The number of amides is 2. The highest BCUT2D eigenvalue weighted by atomic mass is 32.2. The summed E-state index contributed by atoms with van der Waals surface area (Å²) in [5.74, 6) is 0.590. The van der Waals surface area contributed by atoms with Gasteiger partial charge in [-0.05, 0) is 12.3 Å². The zero-order valence-electron chi connectivity index (χ0n) is 12.5. The van der Waals surface area contributed by atoms with E-state index in [9.17, 15) is 18.0 Å². The summed E-state index contributed by atoms with van der Waals surface area (Å²) in [5.41, 5.74) is 0. The van der Waals surface area contributed by atoms with E-state index in [4.69, 9.17) is 0 Å². The molecule has 1 saturated carbocycles. The molecule has 0 aromatic rings. The minimum atomic E-state index is -3.17. The van der Waals surface area contributed by atoms with E-state index in [1.165, 1.54) is 10.6 Å². The molecule has 1 saturated heterocycles. The molecular weight excluding hydrogens is 294 g/mol. The molecule has 0 aromatic heterocycles. The van der Waals surface area contributed by atoms with Crippen LogP contribution in [0, 0.1) is 11.8 Å². The minimum Gasteiger partial charge on any atom is -0.355 e. The lowest BCUT2D eigenvalue weighted by molar-refractivity contribution is -0.132. The third kappa shape index (κ3) is 4.41. The Balaban J connectivity index is 1.67. The first kappa shape index (κ1) is 16.2. The first-order valence-corrected chi connectivity index (χ1v) is 9.14. The van der Waals surface area contributed by atoms with Crippen LogP contribution in [0.15, 0.2) is 0 Å². The van der Waals surface area contributed by atoms with E-state index in [2.05, 4.69) is 5.32 Å². The van der Waals surface area contributed by atoms with Gasteiger partial charge in [0.25, 0.3) is 0 Å². The Morgan fingerprint density at radius 3 is 2.24 bits per heavy atom. The summed E-state index contributed by atoms with van der Waals surface area (Å²) in [6.45, 7) is 3.91. The van der Waals surface area contributed by atoms with E-state index in [-0.39, 0.29) is 24.2 Å². The van der Waals surface area contributed by atoms with Gasteiger partial charge in [-0.1, -0.05) is 6.92 Å². The van der Waals surface area contributed by atoms with Crippen LogP contribution in [0.5, 0.6) is 0 Å². The van der Waals surface area contributed by atoms with E-state index < -0.39 is 10.0 Å². The van der Waals surface area contributed by atoms with Crippen LogP contribution in [0.25, 0.3) is 0 Å². The van der Waals surface area contributed by atoms with Crippen LogP contribution in [0.2, 0.25) is 0 Å². The van der Waals surface area contributed by atoms with Crippen LogP contribution < -0.4 is 5.32 Å². The second-order valence-corrected chi connectivity index (χ2v) is 7.89. The van der Waals surface area contributed by atoms with Crippen LogP contribution in [-0.4, -0.2) is 68.4 Å². The number of sulfonamides is 1. The molecule has 0 spiro atoms. The SMILES string of the molecule is C[C@H]1C[C@@H]1C(=O)NCCC(=O)N1CCN(S(C)(=O)=O)CC1. The van der Waals surface area contributed by atoms with Crippen molar-refractivity contribution in [3.8, 4) is 0 Å². The third-order valence-corrected chi connectivity index (χ3v) is 5.45. The van der Waals surface area contributed by atoms with E-state index in [0.29, 0.717) is 38.6 Å². The van der Waals surface area contributed by atoms with Crippen LogP contribution in [0.4, 0.5) is 0 Å². The highest BCUT2D eigenvalue weighted by molar-refractivity contribution is 7.88. The van der Waals surface area contributed by atoms with E-state index in [1.54, 1.807) is 4.90 Å². The predicted molar refractivity (Wildman–Crippen MR) is 77.9 cm³/mol. The number of carbonyl (C=O) groups excluding carboxylic acids is 2. The van der Waals surface area contributed by atoms with E-state index in [0.717, 1.165) is 6.42 Å². The van der Waals surface area contributed by atoms with Gasteiger partial charge in [-0.3, -0.25) is 9.59 Å². The Morgan fingerprint density at radius 2 is 1.76 bits per heavy atom. The highest BCUT2D eigenvalue weighted by Crippen LogP contribution is 2.37. The summed E-state index contributed by atoms with van der Waals surface area (Å²) < 4.78 is 24.1. The molecule has 0 bridgehead atoms. The lowest BCUT2D eigenvalue weighted by atomic mass is 10.3. The zero-order valence-corrected chi connectivity index (χ0v) is 13.4. The van der Waals surface area contributed by atoms with Gasteiger partial charge >= 0.3 is 0 Å². The Kier molecular flexibility index (Phi) is 4.88. The molecular formula is C13H23N3O4S. The molecule has 0 unspecified atom stereocenters. The molecule has 2 fully saturated rings. The molecule has 21 heavy (non-hydrogen) atoms. The second kappa shape index (κ2) is 6.31. The Hall–Kier alpha value is -1.15. The summed E-state index contributed by atoms with van der Waals surface area (Å²) in [6, 6.07) is 0. The van der Waals surface area contributed by atoms with Crippen molar-refractivity contribution in [3.63, 3.8) is 0 Å². The topological polar surface area (TPSA) is 86.8 Å². The average molecular weight is 317 g/mol. The van der Waals surface area contributed by atoms with Crippen molar-refractivity contribution in [2.75, 3.05) is 39.0 Å². The number of hydrogen-bond donors (Lipinski definition) is 1. The second-order valence-electron chi connectivity index (χ2n) is 5.90. The monoisotopic (exact) mass is 317 g/mol. The number of rotatable bonds is 5. The standard InChI is InChI=1S/C13H23N3O4S/c1-10-9-11(10)13(18)14-4-3-12(17)15-5-7-16(8-6-15)21(2,19)20/h10-11H,3-9H2,1-2H3,(H,14,18)/t10-,11-/m0/s1. The quantitative estimate of drug-likeness (QED) is 0.723. The first-order valence-electron chi connectivity index (χ1n) is 7.29. The molecule has 120 valence electrons. The minimum absolute atomic E-state index is 0.0349. The molecule has 1 aliphatic carbocycles. The number of carbonyl (C=O) groups is 2. The fourth-order valence-electron chi connectivity index (χ4n) is 2.54. The first-order chi connectivity index (χ1) is 9.79. The smallest absolute Gasteiger partial charge is 0.224 e. The molecule has 2 rings (SSSR count). The number of piperazine rings is 1. The molecule has 8 heteroatoms. The maximum atomic E-state index is 12.0. The van der Waals surface area contributed by atoms with Crippen molar-refractivity contribution in [1.29, 1.82) is 0 Å². The van der Waals surface area contributed by atoms with Crippen molar-refractivity contribution in [2.45, 2.75) is 19.8 Å². The Bertz CT molecular complexity index is 512. The summed E-state index contributed by atoms with van der Waals surface area (Å²) in [5, 5.41) is 2.79. The Labute approximate surface area is 125 Å². The van der Waals surface area contributed by atoms with Crippen LogP contribution in [-0.2, 0) is 19.6 Å². The fourth-order valence-corrected chi connectivity index (χ4v) is 3.37. The van der Waals surface area contributed by atoms with Gasteiger partial charge in [-0.15, -0.1) is 0 Å². The zero-order chi connectivity index (χ0) is 15.6. The number of hydrogen-bond acceptors (Lipinski definition) is 4. The molecule has 7 nitrogen and oxygen atoms in total. The normalized spacial score (nSPS) is 26.5. The molecule has 1 heterocycles. The van der Waals surface area contributed by atoms with Gasteiger partial charge in [0.05, 0.1) is 6.26 Å². The summed E-state index contributed by atoms with van der Waals surface area (Å²) in [6.07, 6.45) is 2.39. The van der Waals surface area contributed by atoms with E-state index in [1.807, 2.05) is 6.92 Å². The lowest BCUT2D eigenvalue weighted by Gasteiger charge is -2.33. The van der Waals surface area contributed by atoms with Gasteiger partial charge in [-0.2, -0.15) is 4.31 Å². The number of nitrogens with zero attached hydrogens (tertiary/aromatic N) is 2. The summed E-state index contributed by atoms with van der Waals surface area (Å²) >= 11 is 0. The molecule has 0 radical (unpaired) electrons. The van der Waals surface area contributed by atoms with Gasteiger partial charge < -0.3 is 10.2 Å². The Morgan fingerprint density at radius 1 is 1.19 bits per heavy atom. The summed E-state index contributed by atoms with van der Waals surface area (Å²) in [7, 11) is -3.17. The van der Waals surface area contributed by atoms with Gasteiger partial charge in [0.1, 0.15) is 0 Å². The van der Waals surface area contributed by atoms with Gasteiger partial charge in [-0.25, -0.2) is 8.42 Å². The van der Waals surface area contributed by atoms with Crippen LogP contribution in [0.1, 0.15) is 19.8 Å². The van der Waals surface area contributed by atoms with E-state index >= 15 is 0 Å². The average Bonchev–Trinajstić information content (AvgIpc) is 3.15. The maximum absolute atomic E-state index is 12.0. The predicted octanol–water partition coefficient (Wildman–Crippen LogP) is -0.747. The van der Waals surface area contributed by atoms with Crippen LogP contribution >= 0.6 is 0 Å². The van der Waals surface area contributed by atoms with Gasteiger partial charge in [0.2, 0.25) is 21.8 Å². The molecule has 2 atom stereocenters. The molecule has 1 N–H and O–H groups in total. The molecule has 2 aliphatic rings. The number of nitrogens with one attached hydrogen (secondary N) is 1. The van der Waals surface area contributed by atoms with Crippen LogP contribution in [0.3, 0.4) is 0 Å². The maximum Gasteiger partial charge on any atom is 0.224 e. The molecule has 0 aromatic carbocycles. The van der Waals surface area contributed by atoms with Crippen molar-refractivity contribution in [2.24, 2.45) is 11.8 Å². The van der Waals surface area contributed by atoms with Crippen molar-refractivity contribution < 1.29 is 18.0 Å². The van der Waals surface area contributed by atoms with Gasteiger partial charge in [0, 0.05) is 45.1 Å². The molecule has 1 aliphatic heterocycles. The van der Waals surface area contributed by atoms with Gasteiger partial charge in [0.15, 0.2) is 0 Å². The highest BCUT2D eigenvalue weighted by Gasteiger charge is 2.38. The summed E-state index contributed by atoms with van der Waals surface area (Å²) in [4.78, 5) is 25.3. The van der Waals surface area contributed by atoms with Crippen molar-refractivity contribution >= 4 is 21.8 Å². The lowest BCUT2D eigenvalue weighted by Crippen LogP contribution is -2.50. The fraction of sp³-hybridized carbons (Fsp3) is 0.846.